The standard InChI is InChI=1S/C15H19N3O/c1-2-18-11-10-17-15(18)14(19)9-8-13(16)12-6-4-3-5-7-12/h3-7,10-11,13H,2,8-9,16H2,1H3. The number of hydrogen-bond donors (Lipinski definition) is 1. The van der Waals surface area contributed by atoms with Gasteiger partial charge in [-0.25, -0.2) is 4.98 Å². The maximum absolute atomic E-state index is 12.1. The summed E-state index contributed by atoms with van der Waals surface area (Å²) in [4.78, 5) is 16.2. The molecule has 4 nitrogen and oxygen atoms in total. The predicted octanol–water partition coefficient (Wildman–Crippen LogP) is 2.57. The fourth-order valence-electron chi connectivity index (χ4n) is 2.08. The third kappa shape index (κ3) is 3.29. The van der Waals surface area contributed by atoms with Crippen molar-refractivity contribution in [3.8, 4) is 0 Å². The first-order valence-electron chi connectivity index (χ1n) is 6.57. The summed E-state index contributed by atoms with van der Waals surface area (Å²) in [5.41, 5.74) is 7.15. The van der Waals surface area contributed by atoms with Crippen LogP contribution in [0.25, 0.3) is 0 Å². The van der Waals surface area contributed by atoms with Crippen LogP contribution in [0.4, 0.5) is 0 Å². The van der Waals surface area contributed by atoms with Crippen molar-refractivity contribution >= 4 is 5.78 Å². The highest BCUT2D eigenvalue weighted by atomic mass is 16.1. The van der Waals surface area contributed by atoms with E-state index in [1.165, 1.54) is 0 Å². The van der Waals surface area contributed by atoms with Crippen LogP contribution in [0.2, 0.25) is 0 Å². The molecule has 19 heavy (non-hydrogen) atoms. The molecule has 2 N–H and O–H groups in total. The lowest BCUT2D eigenvalue weighted by atomic mass is 10.0. The third-order valence-electron chi connectivity index (χ3n) is 3.22. The fourth-order valence-corrected chi connectivity index (χ4v) is 2.08. The zero-order chi connectivity index (χ0) is 13.7. The first kappa shape index (κ1) is 13.5. The minimum atomic E-state index is -0.102. The van der Waals surface area contributed by atoms with Crippen molar-refractivity contribution in [2.24, 2.45) is 5.73 Å². The fraction of sp³-hybridized carbons (Fsp3) is 0.333. The van der Waals surface area contributed by atoms with Gasteiger partial charge in [-0.05, 0) is 18.9 Å². The van der Waals surface area contributed by atoms with Gasteiger partial charge < -0.3 is 10.3 Å². The van der Waals surface area contributed by atoms with Gasteiger partial charge in [0.2, 0.25) is 0 Å². The van der Waals surface area contributed by atoms with E-state index in [0.29, 0.717) is 18.7 Å². The molecule has 100 valence electrons. The quantitative estimate of drug-likeness (QED) is 0.809. The van der Waals surface area contributed by atoms with Crippen LogP contribution in [0.3, 0.4) is 0 Å². The minimum absolute atomic E-state index is 0.0539. The Morgan fingerprint density at radius 3 is 2.79 bits per heavy atom. The summed E-state index contributed by atoms with van der Waals surface area (Å²) < 4.78 is 1.86. The highest BCUT2D eigenvalue weighted by molar-refractivity contribution is 5.92. The number of aromatic nitrogens is 2. The lowest BCUT2D eigenvalue weighted by molar-refractivity contribution is 0.0963. The molecule has 0 bridgehead atoms. The monoisotopic (exact) mass is 257 g/mol. The van der Waals surface area contributed by atoms with Gasteiger partial charge in [-0.2, -0.15) is 0 Å². The highest BCUT2D eigenvalue weighted by Gasteiger charge is 2.14. The summed E-state index contributed by atoms with van der Waals surface area (Å²) in [5, 5.41) is 0. The van der Waals surface area contributed by atoms with Gasteiger partial charge in [0.15, 0.2) is 11.6 Å². The molecule has 1 aromatic carbocycles. The van der Waals surface area contributed by atoms with Crippen LogP contribution in [0.1, 0.15) is 42.0 Å². The molecule has 2 aromatic rings. The van der Waals surface area contributed by atoms with E-state index < -0.39 is 0 Å². The van der Waals surface area contributed by atoms with Crippen molar-refractivity contribution in [2.45, 2.75) is 32.4 Å². The summed E-state index contributed by atoms with van der Waals surface area (Å²) in [6, 6.07) is 9.75. The van der Waals surface area contributed by atoms with E-state index in [2.05, 4.69) is 4.98 Å². The number of aryl methyl sites for hydroxylation is 1. The summed E-state index contributed by atoms with van der Waals surface area (Å²) >= 11 is 0. The second-order valence-corrected chi connectivity index (χ2v) is 4.52. The molecule has 0 aliphatic heterocycles. The number of ketones is 1. The van der Waals surface area contributed by atoms with Crippen molar-refractivity contribution in [1.82, 2.24) is 9.55 Å². The van der Waals surface area contributed by atoms with Crippen LogP contribution in [0.15, 0.2) is 42.7 Å². The van der Waals surface area contributed by atoms with Crippen molar-refractivity contribution < 1.29 is 4.79 Å². The van der Waals surface area contributed by atoms with Gasteiger partial charge in [0.25, 0.3) is 0 Å². The number of hydrogen-bond acceptors (Lipinski definition) is 3. The zero-order valence-electron chi connectivity index (χ0n) is 11.1. The molecule has 1 heterocycles. The topological polar surface area (TPSA) is 60.9 Å². The lowest BCUT2D eigenvalue weighted by Gasteiger charge is -2.11. The maximum Gasteiger partial charge on any atom is 0.198 e. The summed E-state index contributed by atoms with van der Waals surface area (Å²) in [6.45, 7) is 2.75. The van der Waals surface area contributed by atoms with E-state index in [1.807, 2.05) is 48.0 Å². The van der Waals surface area contributed by atoms with Crippen LogP contribution in [0, 0.1) is 0 Å². The number of benzene rings is 1. The molecule has 2 rings (SSSR count). The molecule has 0 amide bonds. The number of Topliss-reactive ketones (excluding diaryl/α,β-unsaturated/α-hetero) is 1. The zero-order valence-corrected chi connectivity index (χ0v) is 11.1. The molecule has 0 aliphatic rings. The molecule has 0 spiro atoms. The molecule has 0 aliphatic carbocycles. The van der Waals surface area contributed by atoms with E-state index in [1.54, 1.807) is 6.20 Å². The van der Waals surface area contributed by atoms with Gasteiger partial charge >= 0.3 is 0 Å². The number of rotatable bonds is 6. The minimum Gasteiger partial charge on any atom is -0.329 e. The Kier molecular flexibility index (Phi) is 4.47. The molecule has 1 unspecified atom stereocenters. The molecule has 1 aromatic heterocycles. The molecule has 0 fully saturated rings. The van der Waals surface area contributed by atoms with E-state index in [0.717, 1.165) is 12.1 Å². The Hall–Kier alpha value is -1.94. The van der Waals surface area contributed by atoms with Crippen molar-refractivity contribution in [1.29, 1.82) is 0 Å². The molecule has 1 atom stereocenters. The van der Waals surface area contributed by atoms with E-state index in [-0.39, 0.29) is 11.8 Å². The first-order valence-corrected chi connectivity index (χ1v) is 6.57. The van der Waals surface area contributed by atoms with Gasteiger partial charge in [-0.1, -0.05) is 30.3 Å². The predicted molar refractivity (Wildman–Crippen MR) is 74.8 cm³/mol. The number of nitrogens with zero attached hydrogens (tertiary/aromatic N) is 2. The number of imidazole rings is 1. The average Bonchev–Trinajstić information content (AvgIpc) is 2.93. The van der Waals surface area contributed by atoms with E-state index in [4.69, 9.17) is 5.73 Å². The molecule has 0 saturated heterocycles. The van der Waals surface area contributed by atoms with Gasteiger partial charge in [-0.15, -0.1) is 0 Å². The molecular weight excluding hydrogens is 238 g/mol. The first-order chi connectivity index (χ1) is 9.22. The largest absolute Gasteiger partial charge is 0.329 e. The Bertz CT molecular complexity index is 533. The summed E-state index contributed by atoms with van der Waals surface area (Å²) in [6.07, 6.45) is 4.55. The van der Waals surface area contributed by atoms with Crippen molar-refractivity contribution in [3.05, 3.63) is 54.1 Å². The smallest absolute Gasteiger partial charge is 0.198 e. The molecular formula is C15H19N3O. The van der Waals surface area contributed by atoms with Gasteiger partial charge in [0.05, 0.1) is 0 Å². The van der Waals surface area contributed by atoms with Gasteiger partial charge in [-0.3, -0.25) is 4.79 Å². The Labute approximate surface area is 113 Å². The molecule has 4 heteroatoms. The van der Waals surface area contributed by atoms with Crippen LogP contribution in [-0.2, 0) is 6.54 Å². The van der Waals surface area contributed by atoms with Crippen LogP contribution < -0.4 is 5.73 Å². The normalized spacial score (nSPS) is 12.3. The number of carbonyl (C=O) groups excluding carboxylic acids is 1. The Balaban J connectivity index is 1.94. The van der Waals surface area contributed by atoms with E-state index in [9.17, 15) is 4.79 Å². The third-order valence-corrected chi connectivity index (χ3v) is 3.22. The average molecular weight is 257 g/mol. The molecule has 0 saturated carbocycles. The van der Waals surface area contributed by atoms with Crippen LogP contribution in [0.5, 0.6) is 0 Å². The van der Waals surface area contributed by atoms with Crippen LogP contribution in [-0.4, -0.2) is 15.3 Å². The summed E-state index contributed by atoms with van der Waals surface area (Å²) in [5.74, 6) is 0.584. The summed E-state index contributed by atoms with van der Waals surface area (Å²) in [7, 11) is 0. The Morgan fingerprint density at radius 2 is 2.11 bits per heavy atom. The second kappa shape index (κ2) is 6.29. The van der Waals surface area contributed by atoms with Crippen molar-refractivity contribution in [2.75, 3.05) is 0 Å². The highest BCUT2D eigenvalue weighted by Crippen LogP contribution is 2.16. The SMILES string of the molecule is CCn1ccnc1C(=O)CCC(N)c1ccccc1. The Morgan fingerprint density at radius 1 is 1.37 bits per heavy atom. The number of carbonyl (C=O) groups is 1. The number of nitrogens with two attached hydrogens (primary N) is 1. The second-order valence-electron chi connectivity index (χ2n) is 4.52. The van der Waals surface area contributed by atoms with E-state index >= 15 is 0 Å². The van der Waals surface area contributed by atoms with Crippen LogP contribution >= 0.6 is 0 Å². The molecule has 0 radical (unpaired) electrons. The maximum atomic E-state index is 12.1. The lowest BCUT2D eigenvalue weighted by Crippen LogP contribution is -2.14. The van der Waals surface area contributed by atoms with Gasteiger partial charge in [0.1, 0.15) is 0 Å². The van der Waals surface area contributed by atoms with Crippen molar-refractivity contribution in [3.63, 3.8) is 0 Å². The van der Waals surface area contributed by atoms with Gasteiger partial charge in [0, 0.05) is 31.4 Å².